The van der Waals surface area contributed by atoms with Gasteiger partial charge in [-0.25, -0.2) is 4.98 Å². The first-order chi connectivity index (χ1) is 13.5. The summed E-state index contributed by atoms with van der Waals surface area (Å²) < 4.78 is 10.9. The molecular weight excluding hydrogens is 372 g/mol. The zero-order valence-corrected chi connectivity index (χ0v) is 17.1. The third-order valence-electron chi connectivity index (χ3n) is 4.11. The number of para-hydroxylation sites is 1. The summed E-state index contributed by atoms with van der Waals surface area (Å²) >= 11 is 1.56. The Bertz CT molecular complexity index is 905. The van der Waals surface area contributed by atoms with Crippen LogP contribution in [0.4, 0.5) is 10.8 Å². The van der Waals surface area contributed by atoms with Gasteiger partial charge in [-0.1, -0.05) is 18.2 Å². The molecule has 0 aliphatic carbocycles. The number of carbonyl (C=O) groups excluding carboxylic acids is 1. The third-order valence-corrected chi connectivity index (χ3v) is 4.86. The minimum Gasteiger partial charge on any atom is -0.492 e. The lowest BCUT2D eigenvalue weighted by atomic mass is 9.95. The quantitative estimate of drug-likeness (QED) is 0.508. The van der Waals surface area contributed by atoms with E-state index in [0.29, 0.717) is 12.4 Å². The topological polar surface area (TPSA) is 60.5 Å². The molecule has 1 N–H and O–H groups in total. The van der Waals surface area contributed by atoms with Crippen molar-refractivity contribution in [3.8, 4) is 17.0 Å². The van der Waals surface area contributed by atoms with Gasteiger partial charge >= 0.3 is 5.97 Å². The van der Waals surface area contributed by atoms with Gasteiger partial charge < -0.3 is 14.8 Å². The molecule has 0 amide bonds. The predicted molar refractivity (Wildman–Crippen MR) is 113 cm³/mol. The van der Waals surface area contributed by atoms with Crippen molar-refractivity contribution >= 4 is 28.1 Å². The van der Waals surface area contributed by atoms with Crippen molar-refractivity contribution < 1.29 is 14.3 Å². The summed E-state index contributed by atoms with van der Waals surface area (Å²) in [5.74, 6) is 0.450. The Morgan fingerprint density at radius 3 is 2.50 bits per heavy atom. The maximum atomic E-state index is 11.9. The first-order valence-electron chi connectivity index (χ1n) is 9.16. The second kappa shape index (κ2) is 8.89. The van der Waals surface area contributed by atoms with E-state index >= 15 is 0 Å². The van der Waals surface area contributed by atoms with Crippen LogP contribution in [0.5, 0.6) is 5.75 Å². The van der Waals surface area contributed by atoms with Gasteiger partial charge in [-0.2, -0.15) is 0 Å². The monoisotopic (exact) mass is 396 g/mol. The smallest absolute Gasteiger partial charge is 0.314 e. The number of hydrogen-bond donors (Lipinski definition) is 1. The Hall–Kier alpha value is -2.86. The summed E-state index contributed by atoms with van der Waals surface area (Å²) in [5.41, 5.74) is 2.23. The van der Waals surface area contributed by atoms with Crippen molar-refractivity contribution in [3.05, 3.63) is 60.0 Å². The summed E-state index contributed by atoms with van der Waals surface area (Å²) in [7, 11) is 0. The third kappa shape index (κ3) is 5.10. The van der Waals surface area contributed by atoms with E-state index in [9.17, 15) is 4.79 Å². The zero-order chi connectivity index (χ0) is 20.0. The lowest BCUT2D eigenvalue weighted by molar-refractivity contribution is -0.155. The Balaban J connectivity index is 1.61. The van der Waals surface area contributed by atoms with Crippen LogP contribution in [-0.4, -0.2) is 24.2 Å². The van der Waals surface area contributed by atoms with Gasteiger partial charge in [0.15, 0.2) is 5.13 Å². The van der Waals surface area contributed by atoms with Crippen LogP contribution in [0.25, 0.3) is 11.3 Å². The van der Waals surface area contributed by atoms with Crippen LogP contribution in [0.15, 0.2) is 60.0 Å². The van der Waals surface area contributed by atoms with Crippen molar-refractivity contribution in [3.63, 3.8) is 0 Å². The molecule has 0 atom stereocenters. The van der Waals surface area contributed by atoms with E-state index in [1.165, 1.54) is 0 Å². The van der Waals surface area contributed by atoms with Crippen LogP contribution in [-0.2, 0) is 9.53 Å². The molecule has 3 rings (SSSR count). The summed E-state index contributed by atoms with van der Waals surface area (Å²) in [6.45, 7) is 6.05. The predicted octanol–water partition coefficient (Wildman–Crippen LogP) is 5.52. The fourth-order valence-electron chi connectivity index (χ4n) is 2.48. The van der Waals surface area contributed by atoms with Gasteiger partial charge in [-0.15, -0.1) is 11.3 Å². The molecule has 6 heteroatoms. The Morgan fingerprint density at radius 2 is 1.82 bits per heavy atom. The molecule has 0 spiro atoms. The lowest BCUT2D eigenvalue weighted by Gasteiger charge is -2.22. The van der Waals surface area contributed by atoms with Gasteiger partial charge in [0.25, 0.3) is 0 Å². The molecule has 0 saturated carbocycles. The summed E-state index contributed by atoms with van der Waals surface area (Å²) in [5, 5.41) is 6.17. The molecule has 0 radical (unpaired) electrons. The van der Waals surface area contributed by atoms with E-state index in [1.807, 2.05) is 73.8 Å². The van der Waals surface area contributed by atoms with Gasteiger partial charge in [-0.3, -0.25) is 4.79 Å². The van der Waals surface area contributed by atoms with Crippen LogP contribution in [0.3, 0.4) is 0 Å². The number of carbonyl (C=O) groups is 1. The van der Waals surface area contributed by atoms with Crippen LogP contribution in [0.1, 0.15) is 20.8 Å². The number of nitrogens with one attached hydrogen (secondary N) is 1. The number of ether oxygens (including phenoxy) is 2. The average Bonchev–Trinajstić information content (AvgIpc) is 3.16. The Labute approximate surface area is 169 Å². The summed E-state index contributed by atoms with van der Waals surface area (Å²) in [6.07, 6.45) is 0. The summed E-state index contributed by atoms with van der Waals surface area (Å²) in [4.78, 5) is 16.6. The van der Waals surface area contributed by atoms with E-state index in [0.717, 1.165) is 22.1 Å². The number of esters is 1. The average molecular weight is 397 g/mol. The van der Waals surface area contributed by atoms with Gasteiger partial charge in [0.2, 0.25) is 0 Å². The molecule has 1 heterocycles. The highest BCUT2D eigenvalue weighted by Crippen LogP contribution is 2.29. The molecule has 0 saturated heterocycles. The fourth-order valence-corrected chi connectivity index (χ4v) is 3.22. The van der Waals surface area contributed by atoms with Crippen LogP contribution >= 0.6 is 11.3 Å². The Morgan fingerprint density at radius 1 is 1.11 bits per heavy atom. The molecular formula is C22H24N2O3S. The normalized spacial score (nSPS) is 11.1. The first-order valence-corrected chi connectivity index (χ1v) is 10.0. The first kappa shape index (κ1) is 19.9. The lowest BCUT2D eigenvalue weighted by Crippen LogP contribution is -2.32. The highest BCUT2D eigenvalue weighted by Gasteiger charge is 2.30. The van der Waals surface area contributed by atoms with Crippen LogP contribution in [0, 0.1) is 5.41 Å². The van der Waals surface area contributed by atoms with E-state index in [4.69, 9.17) is 9.47 Å². The summed E-state index contributed by atoms with van der Waals surface area (Å²) in [6, 6.07) is 17.7. The molecule has 5 nitrogen and oxygen atoms in total. The minimum absolute atomic E-state index is 0.257. The van der Waals surface area contributed by atoms with E-state index in [1.54, 1.807) is 18.3 Å². The minimum atomic E-state index is -0.693. The van der Waals surface area contributed by atoms with Crippen LogP contribution in [0.2, 0.25) is 0 Å². The molecule has 146 valence electrons. The molecule has 0 aliphatic heterocycles. The second-order valence-electron chi connectivity index (χ2n) is 6.95. The van der Waals surface area contributed by atoms with Gasteiger partial charge in [0.1, 0.15) is 12.4 Å². The highest BCUT2D eigenvalue weighted by atomic mass is 32.1. The number of hydrogen-bond acceptors (Lipinski definition) is 6. The molecule has 3 aromatic rings. The van der Waals surface area contributed by atoms with Crippen molar-refractivity contribution in [2.45, 2.75) is 20.8 Å². The van der Waals surface area contributed by atoms with Gasteiger partial charge in [0, 0.05) is 16.6 Å². The molecule has 0 fully saturated rings. The molecule has 0 aliphatic rings. The van der Waals surface area contributed by atoms with E-state index in [2.05, 4.69) is 10.3 Å². The van der Waals surface area contributed by atoms with Crippen molar-refractivity contribution in [2.75, 3.05) is 18.5 Å². The number of nitrogens with zero attached hydrogens (tertiary/aromatic N) is 1. The molecule has 1 aromatic heterocycles. The molecule has 0 unspecified atom stereocenters. The van der Waals surface area contributed by atoms with Gasteiger partial charge in [0.05, 0.1) is 17.7 Å². The highest BCUT2D eigenvalue weighted by molar-refractivity contribution is 7.14. The van der Waals surface area contributed by atoms with Crippen LogP contribution < -0.4 is 10.1 Å². The number of thiazole rings is 1. The molecule has 0 bridgehead atoms. The number of aromatic nitrogens is 1. The van der Waals surface area contributed by atoms with Crippen molar-refractivity contribution in [1.29, 1.82) is 0 Å². The van der Waals surface area contributed by atoms with Gasteiger partial charge in [-0.05, 0) is 57.2 Å². The number of anilines is 2. The standard InChI is InChI=1S/C22H24N2O3S/c1-4-26-20(25)22(2,3)15-27-18-12-10-16(11-13-18)19-14-28-21(24-19)23-17-8-6-5-7-9-17/h5-14H,4,15H2,1-3H3,(H,23,24). The second-order valence-corrected chi connectivity index (χ2v) is 7.80. The Kier molecular flexibility index (Phi) is 6.31. The zero-order valence-electron chi connectivity index (χ0n) is 16.3. The maximum absolute atomic E-state index is 11.9. The van der Waals surface area contributed by atoms with Crippen molar-refractivity contribution in [1.82, 2.24) is 4.98 Å². The molecule has 28 heavy (non-hydrogen) atoms. The number of benzene rings is 2. The van der Waals surface area contributed by atoms with Crippen molar-refractivity contribution in [2.24, 2.45) is 5.41 Å². The largest absolute Gasteiger partial charge is 0.492 e. The maximum Gasteiger partial charge on any atom is 0.314 e. The van der Waals surface area contributed by atoms with E-state index in [-0.39, 0.29) is 12.6 Å². The SMILES string of the molecule is CCOC(=O)C(C)(C)COc1ccc(-c2csc(Nc3ccccc3)n2)cc1. The van der Waals surface area contributed by atoms with E-state index < -0.39 is 5.41 Å². The molecule has 2 aromatic carbocycles. The number of rotatable bonds is 8. The fraction of sp³-hybridized carbons (Fsp3) is 0.273.